The monoisotopic (exact) mass is 268 g/mol. The summed E-state index contributed by atoms with van der Waals surface area (Å²) in [6.45, 7) is 2.32. The zero-order valence-electron chi connectivity index (χ0n) is 12.1. The molecule has 2 heteroatoms. The van der Waals surface area contributed by atoms with Crippen molar-refractivity contribution in [1.82, 2.24) is 10.2 Å². The fraction of sp³-hybridized carbons (Fsp3) is 0.556. The fourth-order valence-corrected chi connectivity index (χ4v) is 3.74. The van der Waals surface area contributed by atoms with Crippen LogP contribution in [0.4, 0.5) is 0 Å². The number of hydrogen-bond donors (Lipinski definition) is 1. The maximum atomic E-state index is 3.59. The summed E-state index contributed by atoms with van der Waals surface area (Å²) >= 11 is 0. The van der Waals surface area contributed by atoms with Gasteiger partial charge in [0.2, 0.25) is 0 Å². The van der Waals surface area contributed by atoms with Crippen molar-refractivity contribution >= 4 is 0 Å². The molecule has 0 amide bonds. The van der Waals surface area contributed by atoms with E-state index in [4.69, 9.17) is 0 Å². The average Bonchev–Trinajstić information content (AvgIpc) is 3.22. The molecule has 3 aliphatic rings. The van der Waals surface area contributed by atoms with Crippen molar-refractivity contribution in [3.8, 4) is 0 Å². The fourth-order valence-electron chi connectivity index (χ4n) is 3.74. The van der Waals surface area contributed by atoms with Crippen molar-refractivity contribution in [2.75, 3.05) is 13.1 Å². The zero-order chi connectivity index (χ0) is 13.4. The lowest BCUT2D eigenvalue weighted by molar-refractivity contribution is 0.200. The highest BCUT2D eigenvalue weighted by atomic mass is 15.2. The van der Waals surface area contributed by atoms with Gasteiger partial charge < -0.3 is 5.32 Å². The van der Waals surface area contributed by atoms with Gasteiger partial charge in [0.1, 0.15) is 0 Å². The van der Waals surface area contributed by atoms with Gasteiger partial charge in [0, 0.05) is 24.7 Å². The Hall–Kier alpha value is -1.12. The molecule has 2 atom stereocenters. The Morgan fingerprint density at radius 2 is 1.75 bits per heavy atom. The minimum atomic E-state index is 0.592. The molecule has 106 valence electrons. The van der Waals surface area contributed by atoms with E-state index >= 15 is 0 Å². The Balaban J connectivity index is 1.53. The first kappa shape index (κ1) is 12.6. The first-order valence-corrected chi connectivity index (χ1v) is 8.16. The van der Waals surface area contributed by atoms with Gasteiger partial charge in [-0.1, -0.05) is 36.4 Å². The van der Waals surface area contributed by atoms with Gasteiger partial charge in [0.15, 0.2) is 0 Å². The summed E-state index contributed by atoms with van der Waals surface area (Å²) in [5, 5.41) is 3.59. The molecule has 2 heterocycles. The third-order valence-corrected chi connectivity index (χ3v) is 5.04. The van der Waals surface area contributed by atoms with Crippen LogP contribution in [-0.2, 0) is 0 Å². The summed E-state index contributed by atoms with van der Waals surface area (Å²) in [6.07, 6.45) is 11.3. The molecule has 1 aromatic rings. The lowest BCUT2D eigenvalue weighted by atomic mass is 9.96. The van der Waals surface area contributed by atoms with Crippen LogP contribution in [0.3, 0.4) is 0 Å². The van der Waals surface area contributed by atoms with Gasteiger partial charge in [-0.05, 0) is 49.8 Å². The van der Waals surface area contributed by atoms with Crippen LogP contribution in [0.25, 0.3) is 0 Å². The van der Waals surface area contributed by atoms with Crippen LogP contribution in [-0.4, -0.2) is 24.0 Å². The van der Waals surface area contributed by atoms with Crippen LogP contribution in [0, 0.1) is 0 Å². The van der Waals surface area contributed by atoms with E-state index in [0.29, 0.717) is 12.1 Å². The summed E-state index contributed by atoms with van der Waals surface area (Å²) in [7, 11) is 0. The van der Waals surface area contributed by atoms with Crippen molar-refractivity contribution in [2.24, 2.45) is 0 Å². The molecule has 1 saturated heterocycles. The Bertz CT molecular complexity index is 481. The third kappa shape index (κ3) is 2.43. The van der Waals surface area contributed by atoms with Gasteiger partial charge >= 0.3 is 0 Å². The molecule has 0 radical (unpaired) electrons. The molecule has 1 aliphatic carbocycles. The van der Waals surface area contributed by atoms with Crippen molar-refractivity contribution in [3.05, 3.63) is 47.5 Å². The lowest BCUT2D eigenvalue weighted by Gasteiger charge is -2.33. The number of benzene rings is 1. The molecule has 0 spiro atoms. The SMILES string of the molecule is C1=CCN(C2CC2)C(c2ccc(C3CCCN3)cc2)C1. The van der Waals surface area contributed by atoms with E-state index < -0.39 is 0 Å². The molecule has 1 saturated carbocycles. The van der Waals surface area contributed by atoms with E-state index in [1.54, 1.807) is 0 Å². The van der Waals surface area contributed by atoms with Gasteiger partial charge in [0.05, 0.1) is 0 Å². The topological polar surface area (TPSA) is 15.3 Å². The number of hydrogen-bond acceptors (Lipinski definition) is 2. The Morgan fingerprint density at radius 3 is 2.45 bits per heavy atom. The predicted molar refractivity (Wildman–Crippen MR) is 82.6 cm³/mol. The molecule has 2 unspecified atom stereocenters. The van der Waals surface area contributed by atoms with Gasteiger partial charge in [-0.25, -0.2) is 0 Å². The quantitative estimate of drug-likeness (QED) is 0.843. The molecule has 2 nitrogen and oxygen atoms in total. The third-order valence-electron chi connectivity index (χ3n) is 5.04. The number of nitrogens with zero attached hydrogens (tertiary/aromatic N) is 1. The highest BCUT2D eigenvalue weighted by molar-refractivity contribution is 5.29. The summed E-state index contributed by atoms with van der Waals surface area (Å²) in [4.78, 5) is 2.70. The largest absolute Gasteiger partial charge is 0.310 e. The van der Waals surface area contributed by atoms with Gasteiger partial charge in [-0.2, -0.15) is 0 Å². The van der Waals surface area contributed by atoms with Crippen LogP contribution in [0.2, 0.25) is 0 Å². The predicted octanol–water partition coefficient (Wildman–Crippen LogP) is 3.58. The molecule has 0 bridgehead atoms. The van der Waals surface area contributed by atoms with E-state index in [1.807, 2.05) is 0 Å². The second-order valence-electron chi connectivity index (χ2n) is 6.47. The van der Waals surface area contributed by atoms with Crippen molar-refractivity contribution in [2.45, 2.75) is 50.2 Å². The minimum absolute atomic E-state index is 0.592. The second-order valence-corrected chi connectivity index (χ2v) is 6.47. The molecule has 20 heavy (non-hydrogen) atoms. The maximum Gasteiger partial charge on any atom is 0.0388 e. The smallest absolute Gasteiger partial charge is 0.0388 e. The Labute approximate surface area is 121 Å². The standard InChI is InChI=1S/C18H24N2/c1-2-13-20(16-10-11-16)18(5-1)15-8-6-14(7-9-15)17-4-3-12-19-17/h1-2,6-9,16-19H,3-5,10-13H2. The van der Waals surface area contributed by atoms with Gasteiger partial charge in [-0.3, -0.25) is 4.90 Å². The van der Waals surface area contributed by atoms with Crippen LogP contribution in [0.1, 0.15) is 55.3 Å². The Morgan fingerprint density at radius 1 is 0.950 bits per heavy atom. The highest BCUT2D eigenvalue weighted by Crippen LogP contribution is 2.38. The average molecular weight is 268 g/mol. The molecule has 4 rings (SSSR count). The maximum absolute atomic E-state index is 3.59. The normalized spacial score (nSPS) is 30.8. The molecule has 2 fully saturated rings. The second kappa shape index (κ2) is 5.34. The van der Waals surface area contributed by atoms with Crippen molar-refractivity contribution in [1.29, 1.82) is 0 Å². The molecule has 2 aliphatic heterocycles. The zero-order valence-corrected chi connectivity index (χ0v) is 12.1. The number of rotatable bonds is 3. The van der Waals surface area contributed by atoms with Crippen LogP contribution >= 0.6 is 0 Å². The van der Waals surface area contributed by atoms with E-state index in [0.717, 1.165) is 12.6 Å². The summed E-state index contributed by atoms with van der Waals surface area (Å²) in [5.41, 5.74) is 2.97. The van der Waals surface area contributed by atoms with E-state index in [2.05, 4.69) is 46.6 Å². The van der Waals surface area contributed by atoms with Crippen molar-refractivity contribution in [3.63, 3.8) is 0 Å². The van der Waals surface area contributed by atoms with Crippen LogP contribution in [0.15, 0.2) is 36.4 Å². The molecule has 1 N–H and O–H groups in total. The van der Waals surface area contributed by atoms with Gasteiger partial charge in [0.25, 0.3) is 0 Å². The molecular weight excluding hydrogens is 244 g/mol. The van der Waals surface area contributed by atoms with Crippen molar-refractivity contribution < 1.29 is 0 Å². The van der Waals surface area contributed by atoms with E-state index in [1.165, 1.54) is 49.8 Å². The molecular formula is C18H24N2. The lowest BCUT2D eigenvalue weighted by Crippen LogP contribution is -2.33. The van der Waals surface area contributed by atoms with Crippen LogP contribution in [0.5, 0.6) is 0 Å². The molecule has 0 aromatic heterocycles. The summed E-state index contributed by atoms with van der Waals surface area (Å²) in [5.74, 6) is 0. The van der Waals surface area contributed by atoms with E-state index in [9.17, 15) is 0 Å². The summed E-state index contributed by atoms with van der Waals surface area (Å²) < 4.78 is 0. The van der Waals surface area contributed by atoms with Crippen LogP contribution < -0.4 is 5.32 Å². The first-order valence-electron chi connectivity index (χ1n) is 8.16. The van der Waals surface area contributed by atoms with Gasteiger partial charge in [-0.15, -0.1) is 0 Å². The molecule has 1 aromatic carbocycles. The van der Waals surface area contributed by atoms with E-state index in [-0.39, 0.29) is 0 Å². The highest BCUT2D eigenvalue weighted by Gasteiger charge is 2.34. The summed E-state index contributed by atoms with van der Waals surface area (Å²) in [6, 6.07) is 11.5. The Kier molecular flexibility index (Phi) is 3.37. The first-order chi connectivity index (χ1) is 9.92. The minimum Gasteiger partial charge on any atom is -0.310 e. The number of nitrogens with one attached hydrogen (secondary N) is 1.